The van der Waals surface area contributed by atoms with Crippen molar-refractivity contribution in [3.05, 3.63) is 23.3 Å². The highest BCUT2D eigenvalue weighted by Crippen LogP contribution is 2.38. The van der Waals surface area contributed by atoms with E-state index < -0.39 is 18.3 Å². The largest absolute Gasteiger partial charge is 0.491 e. The minimum atomic E-state index is -0.469. The van der Waals surface area contributed by atoms with E-state index in [1.165, 1.54) is 0 Å². The van der Waals surface area contributed by atoms with Crippen LogP contribution >= 0.6 is 0 Å². The van der Waals surface area contributed by atoms with Crippen LogP contribution in [0.2, 0.25) is 0 Å². The van der Waals surface area contributed by atoms with Gasteiger partial charge in [0.1, 0.15) is 0 Å². The molecule has 114 valence electrons. The molecule has 0 spiro atoms. The van der Waals surface area contributed by atoms with Crippen molar-refractivity contribution < 1.29 is 14.0 Å². The second kappa shape index (κ2) is 5.75. The zero-order valence-corrected chi connectivity index (χ0v) is 13.2. The fraction of sp³-hybridized carbons (Fsp3) is 0.571. The Hall–Kier alpha value is -1.44. The topological polar surface area (TPSA) is 79.5 Å². The van der Waals surface area contributed by atoms with Gasteiger partial charge in [-0.1, -0.05) is 0 Å². The first-order chi connectivity index (χ1) is 9.79. The van der Waals surface area contributed by atoms with Crippen molar-refractivity contribution in [1.82, 2.24) is 10.2 Å². The number of nitrogens with zero attached hydrogens (tertiary/aromatic N) is 2. The molecule has 0 aliphatic carbocycles. The summed E-state index contributed by atoms with van der Waals surface area (Å²) in [5, 5.41) is 7.99. The molecule has 0 atom stereocenters. The van der Waals surface area contributed by atoms with Crippen LogP contribution in [0.4, 0.5) is 0 Å². The number of methoxy groups -OCH3 is 1. The maximum absolute atomic E-state index is 5.99. The molecule has 1 aliphatic heterocycles. The number of aromatic nitrogens is 2. The van der Waals surface area contributed by atoms with Crippen LogP contribution < -0.4 is 10.5 Å². The normalized spacial score (nSPS) is 20.7. The Morgan fingerprint density at radius 3 is 2.29 bits per heavy atom. The summed E-state index contributed by atoms with van der Waals surface area (Å²) in [6, 6.07) is 3.56. The monoisotopic (exact) mass is 291 g/mol. The number of ether oxygens (including phenoxy) is 1. The van der Waals surface area contributed by atoms with Crippen molar-refractivity contribution in [2.45, 2.75) is 38.9 Å². The van der Waals surface area contributed by atoms with Crippen LogP contribution in [-0.2, 0) is 9.31 Å². The summed E-state index contributed by atoms with van der Waals surface area (Å²) >= 11 is 0. The van der Waals surface area contributed by atoms with Crippen LogP contribution in [0.25, 0.3) is 6.08 Å². The predicted molar refractivity (Wildman–Crippen MR) is 81.7 cm³/mol. The fourth-order valence-electron chi connectivity index (χ4n) is 1.92. The minimum absolute atomic E-state index is 0.324. The molecule has 7 heteroatoms. The molecule has 0 radical (unpaired) electrons. The van der Waals surface area contributed by atoms with Crippen molar-refractivity contribution >= 4 is 13.2 Å². The lowest BCUT2D eigenvalue weighted by molar-refractivity contribution is 0.00578. The molecule has 6 nitrogen and oxygen atoms in total. The SMILES string of the molecule is COc1ccc(C=C(CN)B2OC(C)(C)C(C)(C)O2)nn1. The molecular weight excluding hydrogens is 269 g/mol. The van der Waals surface area contributed by atoms with Gasteiger partial charge in [0.25, 0.3) is 0 Å². The first-order valence-electron chi connectivity index (χ1n) is 6.93. The fourth-order valence-corrected chi connectivity index (χ4v) is 1.92. The van der Waals surface area contributed by atoms with Gasteiger partial charge in [-0.2, -0.15) is 0 Å². The van der Waals surface area contributed by atoms with Crippen LogP contribution in [0.3, 0.4) is 0 Å². The van der Waals surface area contributed by atoms with E-state index >= 15 is 0 Å². The molecule has 1 saturated heterocycles. The van der Waals surface area contributed by atoms with Gasteiger partial charge in [-0.15, -0.1) is 10.2 Å². The summed E-state index contributed by atoms with van der Waals surface area (Å²) in [4.78, 5) is 0. The van der Waals surface area contributed by atoms with Gasteiger partial charge >= 0.3 is 7.12 Å². The van der Waals surface area contributed by atoms with E-state index in [1.54, 1.807) is 13.2 Å². The molecule has 1 aromatic rings. The summed E-state index contributed by atoms with van der Waals surface area (Å²) in [5.74, 6) is 0.470. The van der Waals surface area contributed by atoms with E-state index in [9.17, 15) is 0 Å². The van der Waals surface area contributed by atoms with Crippen molar-refractivity contribution in [2.75, 3.05) is 13.7 Å². The minimum Gasteiger partial charge on any atom is -0.480 e. The number of nitrogens with two attached hydrogens (primary N) is 1. The average molecular weight is 291 g/mol. The van der Waals surface area contributed by atoms with Crippen LogP contribution in [0.15, 0.2) is 17.6 Å². The third-order valence-corrected chi connectivity index (χ3v) is 3.99. The molecule has 0 amide bonds. The molecule has 1 aromatic heterocycles. The summed E-state index contributed by atoms with van der Waals surface area (Å²) in [6.45, 7) is 8.36. The maximum Gasteiger partial charge on any atom is 0.491 e. The lowest BCUT2D eigenvalue weighted by Crippen LogP contribution is -2.41. The predicted octanol–water partition coefficient (Wildman–Crippen LogP) is 1.46. The lowest BCUT2D eigenvalue weighted by atomic mass is 9.77. The highest BCUT2D eigenvalue weighted by molar-refractivity contribution is 6.55. The smallest absolute Gasteiger partial charge is 0.480 e. The van der Waals surface area contributed by atoms with E-state index in [2.05, 4.69) is 10.2 Å². The highest BCUT2D eigenvalue weighted by Gasteiger charge is 2.52. The van der Waals surface area contributed by atoms with Gasteiger partial charge in [-0.3, -0.25) is 0 Å². The Morgan fingerprint density at radius 1 is 1.24 bits per heavy atom. The van der Waals surface area contributed by atoms with Gasteiger partial charge in [0, 0.05) is 12.6 Å². The summed E-state index contributed by atoms with van der Waals surface area (Å²) in [5.41, 5.74) is 6.56. The van der Waals surface area contributed by atoms with Gasteiger partial charge in [-0.25, -0.2) is 0 Å². The summed E-state index contributed by atoms with van der Waals surface area (Å²) in [7, 11) is 1.08. The van der Waals surface area contributed by atoms with Crippen LogP contribution in [0, 0.1) is 0 Å². The number of rotatable bonds is 4. The van der Waals surface area contributed by atoms with Gasteiger partial charge in [0.2, 0.25) is 5.88 Å². The zero-order valence-electron chi connectivity index (χ0n) is 13.2. The Morgan fingerprint density at radius 2 is 1.86 bits per heavy atom. The lowest BCUT2D eigenvalue weighted by Gasteiger charge is -2.32. The van der Waals surface area contributed by atoms with E-state index in [0.717, 1.165) is 5.47 Å². The van der Waals surface area contributed by atoms with Gasteiger partial charge in [0.05, 0.1) is 24.0 Å². The van der Waals surface area contributed by atoms with Crippen LogP contribution in [0.1, 0.15) is 33.4 Å². The van der Waals surface area contributed by atoms with Gasteiger partial charge in [0.15, 0.2) is 0 Å². The highest BCUT2D eigenvalue weighted by atomic mass is 16.7. The number of hydrogen-bond acceptors (Lipinski definition) is 6. The van der Waals surface area contributed by atoms with Gasteiger partial charge < -0.3 is 19.8 Å². The van der Waals surface area contributed by atoms with E-state index in [-0.39, 0.29) is 0 Å². The molecule has 1 aliphatic rings. The van der Waals surface area contributed by atoms with Crippen LogP contribution in [-0.4, -0.2) is 42.2 Å². The Balaban J connectivity index is 2.22. The van der Waals surface area contributed by atoms with Crippen molar-refractivity contribution in [1.29, 1.82) is 0 Å². The summed E-state index contributed by atoms with van der Waals surface area (Å²) < 4.78 is 17.0. The Kier molecular flexibility index (Phi) is 4.36. The molecule has 1 fully saturated rings. The van der Waals surface area contributed by atoms with Crippen LogP contribution in [0.5, 0.6) is 5.88 Å². The molecule has 2 heterocycles. The van der Waals surface area contributed by atoms with E-state index in [1.807, 2.05) is 39.8 Å². The van der Waals surface area contributed by atoms with Gasteiger partial charge in [-0.05, 0) is 45.3 Å². The Labute approximate surface area is 125 Å². The second-order valence-electron chi connectivity index (χ2n) is 6.01. The van der Waals surface area contributed by atoms with Crippen molar-refractivity contribution in [3.8, 4) is 5.88 Å². The van der Waals surface area contributed by atoms with E-state index in [0.29, 0.717) is 18.1 Å². The maximum atomic E-state index is 5.99. The first-order valence-corrected chi connectivity index (χ1v) is 6.93. The van der Waals surface area contributed by atoms with Crippen molar-refractivity contribution in [2.24, 2.45) is 5.73 Å². The summed E-state index contributed by atoms with van der Waals surface area (Å²) in [6.07, 6.45) is 1.84. The molecule has 0 bridgehead atoms. The average Bonchev–Trinajstić information content (AvgIpc) is 2.65. The molecule has 0 aromatic carbocycles. The molecule has 21 heavy (non-hydrogen) atoms. The second-order valence-corrected chi connectivity index (χ2v) is 6.01. The number of hydrogen-bond donors (Lipinski definition) is 1. The van der Waals surface area contributed by atoms with Crippen molar-refractivity contribution in [3.63, 3.8) is 0 Å². The third-order valence-electron chi connectivity index (χ3n) is 3.99. The molecular formula is C14H22BN3O3. The van der Waals surface area contributed by atoms with E-state index in [4.69, 9.17) is 19.8 Å². The standard InChI is InChI=1S/C14H22BN3O3/c1-13(2)14(3,4)21-15(20-13)10(9-16)8-11-6-7-12(19-5)18-17-11/h6-8H,9,16H2,1-5H3. The molecule has 2 N–H and O–H groups in total. The Bertz CT molecular complexity index is 513. The molecule has 0 saturated carbocycles. The quantitative estimate of drug-likeness (QED) is 0.846. The first kappa shape index (κ1) is 15.9. The third kappa shape index (κ3) is 3.25. The zero-order chi connectivity index (χ0) is 15.7. The molecule has 2 rings (SSSR count). The molecule has 0 unspecified atom stereocenters.